The average Bonchev–Trinajstić information content (AvgIpc) is 2.81. The molecule has 0 spiro atoms. The van der Waals surface area contributed by atoms with Crippen LogP contribution in [-0.2, 0) is 6.54 Å². The number of hydrogen-bond donors (Lipinski definition) is 2. The van der Waals surface area contributed by atoms with Gasteiger partial charge in [-0.15, -0.1) is 0 Å². The number of alkyl halides is 1. The van der Waals surface area contributed by atoms with Gasteiger partial charge in [0.2, 0.25) is 0 Å². The molecule has 2 nitrogen and oxygen atoms in total. The molecule has 82 valence electrons. The van der Waals surface area contributed by atoms with Gasteiger partial charge in [0.05, 0.1) is 0 Å². The molecule has 2 rings (SSSR count). The number of hydrogen-bond acceptors (Lipinski definition) is 2. The van der Waals surface area contributed by atoms with Gasteiger partial charge in [0.1, 0.15) is 6.17 Å². The molecule has 0 saturated carbocycles. The Labute approximate surface area is 89.7 Å². The third-order valence-corrected chi connectivity index (χ3v) is 3.08. The highest BCUT2D eigenvalue weighted by Gasteiger charge is 2.26. The summed E-state index contributed by atoms with van der Waals surface area (Å²) in [4.78, 5) is 0. The quantitative estimate of drug-likeness (QED) is 0.794. The van der Waals surface area contributed by atoms with Crippen LogP contribution in [0.25, 0.3) is 0 Å². The van der Waals surface area contributed by atoms with Crippen LogP contribution in [-0.4, -0.2) is 13.1 Å². The molecule has 1 aromatic carbocycles. The van der Waals surface area contributed by atoms with Crippen molar-refractivity contribution in [1.29, 1.82) is 0 Å². The first-order valence-electron chi connectivity index (χ1n) is 5.45. The molecule has 1 aliphatic heterocycles. The number of halogens is 1. The largest absolute Gasteiger partial charge is 0.326 e. The molecule has 0 bridgehead atoms. The number of rotatable bonds is 3. The Balaban J connectivity index is 2.19. The molecule has 1 aliphatic rings. The van der Waals surface area contributed by atoms with E-state index in [1.165, 1.54) is 0 Å². The molecule has 3 heteroatoms. The zero-order valence-electron chi connectivity index (χ0n) is 8.75. The molecule has 1 fully saturated rings. The standard InChI is InChI=1S/C12H17FN2/c13-12(10-5-6-15-8-10)11-4-2-1-3-9(11)7-14/h1-4,10,12,15H,5-8,14H2. The van der Waals surface area contributed by atoms with E-state index < -0.39 is 6.17 Å². The molecule has 0 aromatic heterocycles. The van der Waals surface area contributed by atoms with Crippen molar-refractivity contribution in [3.8, 4) is 0 Å². The van der Waals surface area contributed by atoms with Gasteiger partial charge in [0, 0.05) is 19.0 Å². The predicted molar refractivity (Wildman–Crippen MR) is 59.2 cm³/mol. The lowest BCUT2D eigenvalue weighted by Gasteiger charge is -2.17. The summed E-state index contributed by atoms with van der Waals surface area (Å²) in [5, 5.41) is 3.19. The van der Waals surface area contributed by atoms with Crippen LogP contribution in [0.3, 0.4) is 0 Å². The Morgan fingerprint density at radius 1 is 1.47 bits per heavy atom. The highest BCUT2D eigenvalue weighted by molar-refractivity contribution is 5.29. The van der Waals surface area contributed by atoms with Crippen molar-refractivity contribution in [2.75, 3.05) is 13.1 Å². The maximum Gasteiger partial charge on any atom is 0.129 e. The zero-order chi connectivity index (χ0) is 10.7. The molecule has 0 radical (unpaired) electrons. The van der Waals surface area contributed by atoms with E-state index in [1.807, 2.05) is 24.3 Å². The van der Waals surface area contributed by atoms with Crippen LogP contribution in [0, 0.1) is 5.92 Å². The van der Waals surface area contributed by atoms with Crippen LogP contribution in [0.4, 0.5) is 4.39 Å². The van der Waals surface area contributed by atoms with Crippen LogP contribution in [0.1, 0.15) is 23.7 Å². The van der Waals surface area contributed by atoms with Gasteiger partial charge in [0.15, 0.2) is 0 Å². The minimum atomic E-state index is -0.875. The van der Waals surface area contributed by atoms with Crippen molar-refractivity contribution in [3.63, 3.8) is 0 Å². The van der Waals surface area contributed by atoms with E-state index in [1.54, 1.807) is 0 Å². The van der Waals surface area contributed by atoms with Crippen LogP contribution < -0.4 is 11.1 Å². The Hall–Kier alpha value is -0.930. The Kier molecular flexibility index (Phi) is 3.34. The summed E-state index contributed by atoms with van der Waals surface area (Å²) in [5.74, 6) is 0.109. The summed E-state index contributed by atoms with van der Waals surface area (Å²) in [6.07, 6.45) is 0.0415. The van der Waals surface area contributed by atoms with Crippen molar-refractivity contribution in [2.45, 2.75) is 19.1 Å². The molecule has 3 N–H and O–H groups in total. The van der Waals surface area contributed by atoms with Gasteiger partial charge >= 0.3 is 0 Å². The van der Waals surface area contributed by atoms with E-state index in [-0.39, 0.29) is 5.92 Å². The monoisotopic (exact) mass is 208 g/mol. The van der Waals surface area contributed by atoms with Crippen LogP contribution >= 0.6 is 0 Å². The summed E-state index contributed by atoms with van der Waals surface area (Å²) in [7, 11) is 0. The van der Waals surface area contributed by atoms with Gasteiger partial charge in [-0.05, 0) is 24.1 Å². The van der Waals surface area contributed by atoms with E-state index in [9.17, 15) is 4.39 Å². The molecule has 2 unspecified atom stereocenters. The van der Waals surface area contributed by atoms with Gasteiger partial charge in [-0.3, -0.25) is 0 Å². The van der Waals surface area contributed by atoms with E-state index >= 15 is 0 Å². The van der Waals surface area contributed by atoms with Gasteiger partial charge in [-0.1, -0.05) is 24.3 Å². The maximum atomic E-state index is 14.2. The summed E-state index contributed by atoms with van der Waals surface area (Å²) in [6, 6.07) is 7.55. The first kappa shape index (κ1) is 10.6. The minimum Gasteiger partial charge on any atom is -0.326 e. The highest BCUT2D eigenvalue weighted by Crippen LogP contribution is 2.32. The van der Waals surface area contributed by atoms with Crippen LogP contribution in [0.15, 0.2) is 24.3 Å². The normalized spacial score (nSPS) is 22.9. The fraction of sp³-hybridized carbons (Fsp3) is 0.500. The predicted octanol–water partition coefficient (Wildman–Crippen LogP) is 1.77. The molecule has 1 aromatic rings. The lowest BCUT2D eigenvalue weighted by Crippen LogP contribution is -2.15. The van der Waals surface area contributed by atoms with Crippen LogP contribution in [0.5, 0.6) is 0 Å². The molecule has 0 aliphatic carbocycles. The summed E-state index contributed by atoms with van der Waals surface area (Å²) < 4.78 is 14.2. The van der Waals surface area contributed by atoms with E-state index in [0.29, 0.717) is 6.54 Å². The number of nitrogens with two attached hydrogens (primary N) is 1. The van der Waals surface area contributed by atoms with Crippen molar-refractivity contribution >= 4 is 0 Å². The molecule has 1 heterocycles. The number of nitrogens with one attached hydrogen (secondary N) is 1. The first-order valence-corrected chi connectivity index (χ1v) is 5.45. The minimum absolute atomic E-state index is 0.109. The Bertz CT molecular complexity index is 321. The Morgan fingerprint density at radius 3 is 2.93 bits per heavy atom. The summed E-state index contributed by atoms with van der Waals surface area (Å²) in [5.41, 5.74) is 7.30. The van der Waals surface area contributed by atoms with E-state index in [0.717, 1.165) is 30.6 Å². The zero-order valence-corrected chi connectivity index (χ0v) is 8.75. The maximum absolute atomic E-state index is 14.2. The highest BCUT2D eigenvalue weighted by atomic mass is 19.1. The van der Waals surface area contributed by atoms with E-state index in [4.69, 9.17) is 5.73 Å². The lowest BCUT2D eigenvalue weighted by atomic mass is 9.93. The SMILES string of the molecule is NCc1ccccc1C(F)C1CCNC1. The van der Waals surface area contributed by atoms with Gasteiger partial charge in [0.25, 0.3) is 0 Å². The summed E-state index contributed by atoms with van der Waals surface area (Å²) in [6.45, 7) is 2.12. The number of benzene rings is 1. The third kappa shape index (κ3) is 2.19. The van der Waals surface area contributed by atoms with Gasteiger partial charge in [-0.2, -0.15) is 0 Å². The van der Waals surface area contributed by atoms with Gasteiger partial charge in [-0.25, -0.2) is 4.39 Å². The second-order valence-corrected chi connectivity index (χ2v) is 4.06. The second-order valence-electron chi connectivity index (χ2n) is 4.06. The topological polar surface area (TPSA) is 38.0 Å². The van der Waals surface area contributed by atoms with Crippen molar-refractivity contribution < 1.29 is 4.39 Å². The lowest BCUT2D eigenvalue weighted by molar-refractivity contribution is 0.245. The first-order chi connectivity index (χ1) is 7.33. The van der Waals surface area contributed by atoms with Crippen molar-refractivity contribution in [2.24, 2.45) is 11.7 Å². The van der Waals surface area contributed by atoms with Crippen LogP contribution in [0.2, 0.25) is 0 Å². The summed E-state index contributed by atoms with van der Waals surface area (Å²) >= 11 is 0. The fourth-order valence-electron chi connectivity index (χ4n) is 2.17. The molecule has 1 saturated heterocycles. The second kappa shape index (κ2) is 4.73. The van der Waals surface area contributed by atoms with E-state index in [2.05, 4.69) is 5.32 Å². The smallest absolute Gasteiger partial charge is 0.129 e. The van der Waals surface area contributed by atoms with Crippen molar-refractivity contribution in [1.82, 2.24) is 5.32 Å². The molecule has 15 heavy (non-hydrogen) atoms. The average molecular weight is 208 g/mol. The van der Waals surface area contributed by atoms with Gasteiger partial charge < -0.3 is 11.1 Å². The fourth-order valence-corrected chi connectivity index (χ4v) is 2.17. The third-order valence-electron chi connectivity index (χ3n) is 3.08. The molecule has 2 atom stereocenters. The molecule has 0 amide bonds. The molecular weight excluding hydrogens is 191 g/mol. The van der Waals surface area contributed by atoms with Crippen molar-refractivity contribution in [3.05, 3.63) is 35.4 Å². The Morgan fingerprint density at radius 2 is 2.27 bits per heavy atom. The molecular formula is C12H17FN2.